The van der Waals surface area contributed by atoms with Gasteiger partial charge in [-0.1, -0.05) is 43.7 Å². The summed E-state index contributed by atoms with van der Waals surface area (Å²) < 4.78 is 5.42. The molecule has 0 bridgehead atoms. The molecule has 0 unspecified atom stereocenters. The standard InChI is InChI=1S/C30H42N4O3/c1-2-3-9-29(35)32-26-10-11-28(27(23-26)30(36)31-14-17-33-18-20-37-21-19-33)34-15-12-25(13-16-34)22-24-7-5-4-6-8-24/h4-8,10-11,23,25H,2-3,9,12-22H2,1H3,(H,31,36)(H,32,35). The van der Waals surface area contributed by atoms with Gasteiger partial charge in [-0.05, 0) is 55.4 Å². The molecule has 200 valence electrons. The number of ether oxygens (including phenoxy) is 1. The van der Waals surface area contributed by atoms with Crippen LogP contribution in [0.1, 0.15) is 54.9 Å². The summed E-state index contributed by atoms with van der Waals surface area (Å²) in [4.78, 5) is 30.4. The summed E-state index contributed by atoms with van der Waals surface area (Å²) in [6.07, 6.45) is 5.63. The van der Waals surface area contributed by atoms with Crippen LogP contribution < -0.4 is 15.5 Å². The molecule has 2 heterocycles. The average Bonchev–Trinajstić information content (AvgIpc) is 2.93. The van der Waals surface area contributed by atoms with Crippen LogP contribution >= 0.6 is 0 Å². The van der Waals surface area contributed by atoms with Crippen molar-refractivity contribution in [1.82, 2.24) is 10.2 Å². The van der Waals surface area contributed by atoms with Crippen molar-refractivity contribution in [2.45, 2.75) is 45.4 Å². The minimum absolute atomic E-state index is 0.00463. The van der Waals surface area contributed by atoms with Crippen molar-refractivity contribution in [3.05, 3.63) is 59.7 Å². The average molecular weight is 507 g/mol. The Morgan fingerprint density at radius 3 is 2.49 bits per heavy atom. The first-order valence-corrected chi connectivity index (χ1v) is 13.9. The number of rotatable bonds is 11. The molecule has 2 aromatic carbocycles. The van der Waals surface area contributed by atoms with Gasteiger partial charge in [0.25, 0.3) is 5.91 Å². The first-order chi connectivity index (χ1) is 18.1. The Kier molecular flexibility index (Phi) is 10.4. The number of morpholine rings is 1. The molecular formula is C30H42N4O3. The van der Waals surface area contributed by atoms with Crippen LogP contribution in [0, 0.1) is 5.92 Å². The van der Waals surface area contributed by atoms with Gasteiger partial charge in [0.05, 0.1) is 18.8 Å². The van der Waals surface area contributed by atoms with E-state index in [0.717, 1.165) is 83.7 Å². The molecule has 0 spiro atoms. The lowest BCUT2D eigenvalue weighted by molar-refractivity contribution is -0.116. The van der Waals surface area contributed by atoms with Crippen molar-refractivity contribution in [3.63, 3.8) is 0 Å². The van der Waals surface area contributed by atoms with E-state index in [2.05, 4.69) is 57.7 Å². The van der Waals surface area contributed by atoms with Crippen LogP contribution in [0.15, 0.2) is 48.5 Å². The third-order valence-electron chi connectivity index (χ3n) is 7.42. The van der Waals surface area contributed by atoms with Gasteiger partial charge in [0.2, 0.25) is 5.91 Å². The van der Waals surface area contributed by atoms with E-state index in [1.54, 1.807) is 0 Å². The van der Waals surface area contributed by atoms with E-state index in [1.807, 2.05) is 18.2 Å². The molecule has 0 atom stereocenters. The molecular weight excluding hydrogens is 464 g/mol. The summed E-state index contributed by atoms with van der Waals surface area (Å²) in [5.74, 6) is 0.566. The highest BCUT2D eigenvalue weighted by molar-refractivity contribution is 6.02. The number of piperidine rings is 1. The van der Waals surface area contributed by atoms with Crippen molar-refractivity contribution < 1.29 is 14.3 Å². The van der Waals surface area contributed by atoms with Crippen LogP contribution in [0.3, 0.4) is 0 Å². The van der Waals surface area contributed by atoms with Gasteiger partial charge in [0.15, 0.2) is 0 Å². The van der Waals surface area contributed by atoms with Crippen LogP contribution in [0.5, 0.6) is 0 Å². The Morgan fingerprint density at radius 1 is 1.00 bits per heavy atom. The number of nitrogens with zero attached hydrogens (tertiary/aromatic N) is 2. The number of carbonyl (C=O) groups excluding carboxylic acids is 2. The van der Waals surface area contributed by atoms with Crippen molar-refractivity contribution in [2.24, 2.45) is 5.92 Å². The fourth-order valence-electron chi connectivity index (χ4n) is 5.21. The molecule has 37 heavy (non-hydrogen) atoms. The maximum Gasteiger partial charge on any atom is 0.253 e. The smallest absolute Gasteiger partial charge is 0.253 e. The van der Waals surface area contributed by atoms with E-state index in [-0.39, 0.29) is 11.8 Å². The second-order valence-corrected chi connectivity index (χ2v) is 10.2. The summed E-state index contributed by atoms with van der Waals surface area (Å²) in [6.45, 7) is 8.62. The predicted molar refractivity (Wildman–Crippen MR) is 149 cm³/mol. The molecule has 7 nitrogen and oxygen atoms in total. The maximum atomic E-state index is 13.4. The molecule has 4 rings (SSSR count). The van der Waals surface area contributed by atoms with Gasteiger partial charge in [-0.3, -0.25) is 14.5 Å². The van der Waals surface area contributed by atoms with Gasteiger partial charge in [-0.25, -0.2) is 0 Å². The number of unbranched alkanes of at least 4 members (excludes halogenated alkanes) is 1. The third kappa shape index (κ3) is 8.30. The van der Waals surface area contributed by atoms with Crippen molar-refractivity contribution >= 4 is 23.2 Å². The number of hydrogen-bond donors (Lipinski definition) is 2. The van der Waals surface area contributed by atoms with Crippen LogP contribution in [0.25, 0.3) is 0 Å². The van der Waals surface area contributed by atoms with Gasteiger partial charge in [0, 0.05) is 57.1 Å². The van der Waals surface area contributed by atoms with E-state index in [1.165, 1.54) is 5.56 Å². The van der Waals surface area contributed by atoms with Gasteiger partial charge >= 0.3 is 0 Å². The summed E-state index contributed by atoms with van der Waals surface area (Å²) in [5, 5.41) is 6.11. The molecule has 2 aliphatic rings. The van der Waals surface area contributed by atoms with Gasteiger partial charge in [-0.15, -0.1) is 0 Å². The van der Waals surface area contributed by atoms with E-state index in [4.69, 9.17) is 4.74 Å². The molecule has 0 saturated carbocycles. The first kappa shape index (κ1) is 27.1. The summed E-state index contributed by atoms with van der Waals surface area (Å²) in [5.41, 5.74) is 3.66. The highest BCUT2D eigenvalue weighted by Crippen LogP contribution is 2.30. The number of hydrogen-bond acceptors (Lipinski definition) is 5. The van der Waals surface area contributed by atoms with E-state index in [9.17, 15) is 9.59 Å². The third-order valence-corrected chi connectivity index (χ3v) is 7.42. The SMILES string of the molecule is CCCCC(=O)Nc1ccc(N2CCC(Cc3ccccc3)CC2)c(C(=O)NCCN2CCOCC2)c1. The maximum absolute atomic E-state index is 13.4. The molecule has 2 fully saturated rings. The number of carbonyl (C=O) groups is 2. The van der Waals surface area contributed by atoms with Crippen molar-refractivity contribution in [1.29, 1.82) is 0 Å². The highest BCUT2D eigenvalue weighted by Gasteiger charge is 2.24. The Labute approximate surface area is 221 Å². The van der Waals surface area contributed by atoms with E-state index < -0.39 is 0 Å². The van der Waals surface area contributed by atoms with Crippen LogP contribution in [-0.4, -0.2) is 69.2 Å². The van der Waals surface area contributed by atoms with Crippen molar-refractivity contribution in [2.75, 3.05) is 62.7 Å². The lowest BCUT2D eigenvalue weighted by atomic mass is 9.89. The van der Waals surface area contributed by atoms with Gasteiger partial charge in [0.1, 0.15) is 0 Å². The lowest BCUT2D eigenvalue weighted by Gasteiger charge is -2.35. The van der Waals surface area contributed by atoms with Crippen LogP contribution in [0.2, 0.25) is 0 Å². The summed E-state index contributed by atoms with van der Waals surface area (Å²) >= 11 is 0. The summed E-state index contributed by atoms with van der Waals surface area (Å²) in [7, 11) is 0. The largest absolute Gasteiger partial charge is 0.379 e. The molecule has 2 saturated heterocycles. The monoisotopic (exact) mass is 506 g/mol. The van der Waals surface area contributed by atoms with E-state index in [0.29, 0.717) is 30.1 Å². The zero-order valence-corrected chi connectivity index (χ0v) is 22.2. The second-order valence-electron chi connectivity index (χ2n) is 10.2. The highest BCUT2D eigenvalue weighted by atomic mass is 16.5. The zero-order valence-electron chi connectivity index (χ0n) is 22.2. The fraction of sp³-hybridized carbons (Fsp3) is 0.533. The number of anilines is 2. The number of benzene rings is 2. The molecule has 2 aliphatic heterocycles. The van der Waals surface area contributed by atoms with Gasteiger partial charge < -0.3 is 20.3 Å². The molecule has 2 aromatic rings. The van der Waals surface area contributed by atoms with Crippen LogP contribution in [0.4, 0.5) is 11.4 Å². The Morgan fingerprint density at radius 2 is 1.76 bits per heavy atom. The number of amides is 2. The zero-order chi connectivity index (χ0) is 25.9. The Hall–Kier alpha value is -2.90. The predicted octanol–water partition coefficient (Wildman–Crippen LogP) is 4.34. The van der Waals surface area contributed by atoms with E-state index >= 15 is 0 Å². The minimum atomic E-state index is -0.0840. The molecule has 2 amide bonds. The Balaban J connectivity index is 1.41. The Bertz CT molecular complexity index is 999. The van der Waals surface area contributed by atoms with Gasteiger partial charge in [-0.2, -0.15) is 0 Å². The topological polar surface area (TPSA) is 73.9 Å². The lowest BCUT2D eigenvalue weighted by Crippen LogP contribution is -2.41. The molecule has 2 N–H and O–H groups in total. The molecule has 0 aliphatic carbocycles. The second kappa shape index (κ2) is 14.1. The number of nitrogens with one attached hydrogen (secondary N) is 2. The summed E-state index contributed by atoms with van der Waals surface area (Å²) in [6, 6.07) is 16.5. The normalized spacial score (nSPS) is 16.9. The fourth-order valence-corrected chi connectivity index (χ4v) is 5.21. The minimum Gasteiger partial charge on any atom is -0.379 e. The molecule has 0 radical (unpaired) electrons. The van der Waals surface area contributed by atoms with Crippen molar-refractivity contribution in [3.8, 4) is 0 Å². The van der Waals surface area contributed by atoms with Crippen LogP contribution in [-0.2, 0) is 16.0 Å². The first-order valence-electron chi connectivity index (χ1n) is 13.9. The molecule has 0 aromatic heterocycles. The quantitative estimate of drug-likeness (QED) is 0.474. The molecule has 7 heteroatoms.